The number of hydrogen-bond donors (Lipinski definition) is 1. The lowest BCUT2D eigenvalue weighted by Crippen LogP contribution is -2.26. The van der Waals surface area contributed by atoms with E-state index in [0.29, 0.717) is 6.10 Å². The Hall–Kier alpha value is -0.340. The van der Waals surface area contributed by atoms with E-state index in [9.17, 15) is 0 Å². The summed E-state index contributed by atoms with van der Waals surface area (Å²) >= 11 is 0. The SMILES string of the molecule is C=CCC1(N)OC1CCCC. The third-order valence-corrected chi connectivity index (χ3v) is 2.13. The minimum atomic E-state index is -0.350. The highest BCUT2D eigenvalue weighted by atomic mass is 16.6. The van der Waals surface area contributed by atoms with Crippen molar-refractivity contribution in [1.29, 1.82) is 0 Å². The zero-order chi connectivity index (χ0) is 8.32. The van der Waals surface area contributed by atoms with Crippen molar-refractivity contribution in [2.45, 2.75) is 44.4 Å². The van der Waals surface area contributed by atoms with Crippen LogP contribution in [0.2, 0.25) is 0 Å². The van der Waals surface area contributed by atoms with Crippen LogP contribution in [0.1, 0.15) is 32.6 Å². The Kier molecular flexibility index (Phi) is 2.68. The molecule has 1 fully saturated rings. The molecule has 2 heteroatoms. The Balaban J connectivity index is 2.17. The second kappa shape index (κ2) is 3.37. The van der Waals surface area contributed by atoms with E-state index < -0.39 is 0 Å². The van der Waals surface area contributed by atoms with Crippen molar-refractivity contribution in [3.63, 3.8) is 0 Å². The summed E-state index contributed by atoms with van der Waals surface area (Å²) in [5.74, 6) is 0. The molecule has 1 aliphatic rings. The van der Waals surface area contributed by atoms with Gasteiger partial charge in [-0.2, -0.15) is 0 Å². The van der Waals surface area contributed by atoms with Crippen LogP contribution in [0, 0.1) is 0 Å². The van der Waals surface area contributed by atoms with E-state index in [1.807, 2.05) is 6.08 Å². The molecule has 1 rings (SSSR count). The smallest absolute Gasteiger partial charge is 0.147 e. The van der Waals surface area contributed by atoms with Crippen molar-refractivity contribution in [2.24, 2.45) is 5.73 Å². The van der Waals surface area contributed by atoms with Gasteiger partial charge in [-0.3, -0.25) is 0 Å². The Labute approximate surface area is 68.4 Å². The lowest BCUT2D eigenvalue weighted by Gasteiger charge is -2.00. The van der Waals surface area contributed by atoms with Gasteiger partial charge in [-0.15, -0.1) is 6.58 Å². The van der Waals surface area contributed by atoms with Gasteiger partial charge in [0.1, 0.15) is 11.8 Å². The maximum absolute atomic E-state index is 5.85. The van der Waals surface area contributed by atoms with E-state index in [1.165, 1.54) is 12.8 Å². The zero-order valence-corrected chi connectivity index (χ0v) is 7.18. The molecule has 0 radical (unpaired) electrons. The molecule has 0 amide bonds. The first-order valence-corrected chi connectivity index (χ1v) is 4.30. The first kappa shape index (κ1) is 8.75. The quantitative estimate of drug-likeness (QED) is 0.485. The van der Waals surface area contributed by atoms with E-state index in [1.54, 1.807) is 0 Å². The normalized spacial score (nSPS) is 35.3. The third kappa shape index (κ3) is 2.04. The van der Waals surface area contributed by atoms with Crippen LogP contribution in [0.4, 0.5) is 0 Å². The fourth-order valence-corrected chi connectivity index (χ4v) is 1.33. The van der Waals surface area contributed by atoms with Gasteiger partial charge in [0.05, 0.1) is 0 Å². The Morgan fingerprint density at radius 1 is 1.73 bits per heavy atom. The summed E-state index contributed by atoms with van der Waals surface area (Å²) in [7, 11) is 0. The molecule has 2 atom stereocenters. The molecular formula is C9H17NO. The van der Waals surface area contributed by atoms with E-state index in [2.05, 4.69) is 13.5 Å². The number of rotatable bonds is 5. The zero-order valence-electron chi connectivity index (χ0n) is 7.18. The molecule has 2 unspecified atom stereocenters. The van der Waals surface area contributed by atoms with Crippen LogP contribution in [0.25, 0.3) is 0 Å². The monoisotopic (exact) mass is 155 g/mol. The molecule has 2 nitrogen and oxygen atoms in total. The van der Waals surface area contributed by atoms with E-state index in [-0.39, 0.29) is 5.72 Å². The topological polar surface area (TPSA) is 38.5 Å². The summed E-state index contributed by atoms with van der Waals surface area (Å²) in [6, 6.07) is 0. The van der Waals surface area contributed by atoms with Gasteiger partial charge in [-0.05, 0) is 6.42 Å². The van der Waals surface area contributed by atoms with Gasteiger partial charge >= 0.3 is 0 Å². The van der Waals surface area contributed by atoms with Crippen LogP contribution in [0.5, 0.6) is 0 Å². The van der Waals surface area contributed by atoms with Crippen LogP contribution < -0.4 is 5.73 Å². The van der Waals surface area contributed by atoms with Gasteiger partial charge in [-0.1, -0.05) is 25.8 Å². The fourth-order valence-electron chi connectivity index (χ4n) is 1.33. The molecule has 0 aromatic heterocycles. The van der Waals surface area contributed by atoms with Crippen molar-refractivity contribution in [1.82, 2.24) is 0 Å². The predicted octanol–water partition coefficient (Wildman–Crippen LogP) is 1.81. The average Bonchev–Trinajstić information content (AvgIpc) is 2.58. The van der Waals surface area contributed by atoms with Crippen LogP contribution in [0.15, 0.2) is 12.7 Å². The summed E-state index contributed by atoms with van der Waals surface area (Å²) in [6.07, 6.45) is 6.42. The predicted molar refractivity (Wildman–Crippen MR) is 46.1 cm³/mol. The van der Waals surface area contributed by atoms with E-state index in [4.69, 9.17) is 10.5 Å². The second-order valence-corrected chi connectivity index (χ2v) is 3.20. The molecule has 0 aromatic rings. The molecule has 1 aliphatic heterocycles. The second-order valence-electron chi connectivity index (χ2n) is 3.20. The summed E-state index contributed by atoms with van der Waals surface area (Å²) in [5.41, 5.74) is 5.50. The van der Waals surface area contributed by atoms with Crippen LogP contribution in [0.3, 0.4) is 0 Å². The third-order valence-electron chi connectivity index (χ3n) is 2.13. The van der Waals surface area contributed by atoms with Crippen molar-refractivity contribution < 1.29 is 4.74 Å². The lowest BCUT2D eigenvalue weighted by molar-refractivity contribution is 0.296. The Bertz CT molecular complexity index is 146. The van der Waals surface area contributed by atoms with Crippen molar-refractivity contribution in [3.8, 4) is 0 Å². The summed E-state index contributed by atoms with van der Waals surface area (Å²) in [5, 5.41) is 0. The summed E-state index contributed by atoms with van der Waals surface area (Å²) < 4.78 is 5.35. The Morgan fingerprint density at radius 3 is 3.00 bits per heavy atom. The molecule has 1 saturated heterocycles. The number of nitrogens with two attached hydrogens (primary N) is 1. The van der Waals surface area contributed by atoms with Crippen molar-refractivity contribution >= 4 is 0 Å². The number of ether oxygens (including phenoxy) is 1. The fraction of sp³-hybridized carbons (Fsp3) is 0.778. The van der Waals surface area contributed by atoms with Gasteiger partial charge < -0.3 is 10.5 Å². The number of unbranched alkanes of at least 4 members (excludes halogenated alkanes) is 1. The standard InChI is InChI=1S/C9H17NO/c1-3-5-6-8-9(10,11-8)7-4-2/h4,8H,2-3,5-7,10H2,1H3. The molecular weight excluding hydrogens is 138 g/mol. The van der Waals surface area contributed by atoms with E-state index in [0.717, 1.165) is 12.8 Å². The van der Waals surface area contributed by atoms with Gasteiger partial charge in [0.25, 0.3) is 0 Å². The first-order valence-electron chi connectivity index (χ1n) is 4.30. The van der Waals surface area contributed by atoms with Crippen LogP contribution in [-0.2, 0) is 4.74 Å². The highest BCUT2D eigenvalue weighted by Crippen LogP contribution is 2.37. The van der Waals surface area contributed by atoms with Crippen LogP contribution in [-0.4, -0.2) is 11.8 Å². The first-order chi connectivity index (χ1) is 5.23. The van der Waals surface area contributed by atoms with Gasteiger partial charge in [-0.25, -0.2) is 0 Å². The molecule has 0 spiro atoms. The molecule has 64 valence electrons. The molecule has 1 heterocycles. The van der Waals surface area contributed by atoms with Gasteiger partial charge in [0.15, 0.2) is 0 Å². The molecule has 0 bridgehead atoms. The Morgan fingerprint density at radius 2 is 2.45 bits per heavy atom. The number of hydrogen-bond acceptors (Lipinski definition) is 2. The highest BCUT2D eigenvalue weighted by molar-refractivity contribution is 5.01. The maximum atomic E-state index is 5.85. The molecule has 0 aliphatic carbocycles. The largest absolute Gasteiger partial charge is 0.350 e. The molecule has 11 heavy (non-hydrogen) atoms. The van der Waals surface area contributed by atoms with E-state index >= 15 is 0 Å². The van der Waals surface area contributed by atoms with Gasteiger partial charge in [0, 0.05) is 6.42 Å². The highest BCUT2D eigenvalue weighted by Gasteiger charge is 2.51. The summed E-state index contributed by atoms with van der Waals surface area (Å²) in [4.78, 5) is 0. The molecule has 0 saturated carbocycles. The molecule has 2 N–H and O–H groups in total. The summed E-state index contributed by atoms with van der Waals surface area (Å²) in [6.45, 7) is 5.82. The minimum absolute atomic E-state index is 0.292. The van der Waals surface area contributed by atoms with Crippen LogP contribution >= 0.6 is 0 Å². The number of epoxide rings is 1. The van der Waals surface area contributed by atoms with Gasteiger partial charge in [0.2, 0.25) is 0 Å². The molecule has 0 aromatic carbocycles. The maximum Gasteiger partial charge on any atom is 0.147 e. The van der Waals surface area contributed by atoms with Crippen molar-refractivity contribution in [2.75, 3.05) is 0 Å². The lowest BCUT2D eigenvalue weighted by atomic mass is 10.1. The minimum Gasteiger partial charge on any atom is -0.350 e. The average molecular weight is 155 g/mol. The van der Waals surface area contributed by atoms with Crippen molar-refractivity contribution in [3.05, 3.63) is 12.7 Å².